The minimum absolute atomic E-state index is 0.154. The molecule has 0 radical (unpaired) electrons. The summed E-state index contributed by atoms with van der Waals surface area (Å²) in [6, 6.07) is 9.39. The maximum Gasteiger partial charge on any atom is 0.321 e. The molecule has 0 saturated carbocycles. The molecule has 82 valence electrons. The van der Waals surface area contributed by atoms with Crippen LogP contribution < -0.4 is 5.32 Å². The molecule has 1 aromatic heterocycles. The monoisotopic (exact) mass is 215 g/mol. The van der Waals surface area contributed by atoms with Gasteiger partial charge >= 0.3 is 6.03 Å². The number of nitrogens with zero attached hydrogens (tertiary/aromatic N) is 2. The Hall–Kier alpha value is -2.10. The average Bonchev–Trinajstić information content (AvgIpc) is 2.29. The number of para-hydroxylation sites is 1. The van der Waals surface area contributed by atoms with Gasteiger partial charge in [0, 0.05) is 25.7 Å². The van der Waals surface area contributed by atoms with E-state index in [1.165, 1.54) is 4.90 Å². The quantitative estimate of drug-likeness (QED) is 0.793. The molecule has 0 spiro atoms. The van der Waals surface area contributed by atoms with E-state index in [2.05, 4.69) is 10.3 Å². The predicted octanol–water partition coefficient (Wildman–Crippen LogP) is 2.33. The molecule has 16 heavy (non-hydrogen) atoms. The number of carbonyl (C=O) groups excluding carboxylic acids is 1. The van der Waals surface area contributed by atoms with Crippen molar-refractivity contribution in [2.45, 2.75) is 0 Å². The number of hydrogen-bond donors (Lipinski definition) is 1. The van der Waals surface area contributed by atoms with Gasteiger partial charge in [0.2, 0.25) is 0 Å². The Bertz CT molecular complexity index is 517. The van der Waals surface area contributed by atoms with Crippen molar-refractivity contribution in [2.24, 2.45) is 0 Å². The number of benzene rings is 1. The fourth-order valence-electron chi connectivity index (χ4n) is 1.43. The predicted molar refractivity (Wildman–Crippen MR) is 64.4 cm³/mol. The zero-order valence-electron chi connectivity index (χ0n) is 9.27. The first kappa shape index (κ1) is 10.4. The molecule has 2 amide bonds. The first-order valence-electron chi connectivity index (χ1n) is 5.00. The summed E-state index contributed by atoms with van der Waals surface area (Å²) in [7, 11) is 3.40. The second-order valence-corrected chi connectivity index (χ2v) is 3.71. The Morgan fingerprint density at radius 3 is 2.75 bits per heavy atom. The van der Waals surface area contributed by atoms with E-state index in [-0.39, 0.29) is 6.03 Å². The van der Waals surface area contributed by atoms with Crippen LogP contribution in [0.2, 0.25) is 0 Å². The molecule has 2 rings (SSSR count). The van der Waals surface area contributed by atoms with Crippen molar-refractivity contribution in [3.05, 3.63) is 36.5 Å². The van der Waals surface area contributed by atoms with Crippen LogP contribution in [-0.4, -0.2) is 30.0 Å². The summed E-state index contributed by atoms with van der Waals surface area (Å²) in [4.78, 5) is 17.3. The van der Waals surface area contributed by atoms with Crippen molar-refractivity contribution in [3.63, 3.8) is 0 Å². The zero-order chi connectivity index (χ0) is 11.5. The van der Waals surface area contributed by atoms with Crippen LogP contribution >= 0.6 is 0 Å². The molecular formula is C12H13N3O. The third-order valence-electron chi connectivity index (χ3n) is 2.28. The molecule has 1 heterocycles. The Morgan fingerprint density at radius 1 is 1.25 bits per heavy atom. The molecule has 0 unspecified atom stereocenters. The van der Waals surface area contributed by atoms with E-state index in [0.717, 1.165) is 16.6 Å². The number of aromatic nitrogens is 1. The SMILES string of the molecule is CN(C)C(=O)Nc1cccc2cccnc12. The molecular weight excluding hydrogens is 202 g/mol. The lowest BCUT2D eigenvalue weighted by atomic mass is 10.2. The van der Waals surface area contributed by atoms with Crippen LogP contribution in [0.1, 0.15) is 0 Å². The standard InChI is InChI=1S/C12H13N3O/c1-15(2)12(16)14-10-7-3-5-9-6-4-8-13-11(9)10/h3-8H,1-2H3,(H,14,16). The Balaban J connectivity index is 2.41. The fourth-order valence-corrected chi connectivity index (χ4v) is 1.43. The topological polar surface area (TPSA) is 45.2 Å². The number of fused-ring (bicyclic) bond motifs is 1. The summed E-state index contributed by atoms with van der Waals surface area (Å²) in [5.74, 6) is 0. The molecule has 0 aliphatic rings. The van der Waals surface area contributed by atoms with Gasteiger partial charge in [0.1, 0.15) is 0 Å². The van der Waals surface area contributed by atoms with Gasteiger partial charge < -0.3 is 10.2 Å². The van der Waals surface area contributed by atoms with Crippen molar-refractivity contribution in [2.75, 3.05) is 19.4 Å². The highest BCUT2D eigenvalue weighted by atomic mass is 16.2. The van der Waals surface area contributed by atoms with E-state index in [0.29, 0.717) is 0 Å². The van der Waals surface area contributed by atoms with Crippen molar-refractivity contribution in [1.29, 1.82) is 0 Å². The highest BCUT2D eigenvalue weighted by Crippen LogP contribution is 2.20. The molecule has 0 aliphatic carbocycles. The second kappa shape index (κ2) is 4.18. The molecule has 0 atom stereocenters. The molecule has 4 heteroatoms. The minimum atomic E-state index is -0.154. The van der Waals surface area contributed by atoms with Gasteiger partial charge in [-0.2, -0.15) is 0 Å². The number of rotatable bonds is 1. The average molecular weight is 215 g/mol. The molecule has 0 fully saturated rings. The number of urea groups is 1. The van der Waals surface area contributed by atoms with Gasteiger partial charge in [-0.05, 0) is 12.1 Å². The summed E-state index contributed by atoms with van der Waals surface area (Å²) in [5.41, 5.74) is 1.54. The summed E-state index contributed by atoms with van der Waals surface area (Å²) >= 11 is 0. The molecule has 1 aromatic carbocycles. The van der Waals surface area contributed by atoms with Gasteiger partial charge in [-0.15, -0.1) is 0 Å². The van der Waals surface area contributed by atoms with Crippen LogP contribution in [0.15, 0.2) is 36.5 Å². The van der Waals surface area contributed by atoms with Crippen LogP contribution in [0.25, 0.3) is 10.9 Å². The molecule has 0 aliphatic heterocycles. The summed E-state index contributed by atoms with van der Waals surface area (Å²) in [5, 5.41) is 3.82. The maximum atomic E-state index is 11.5. The van der Waals surface area contributed by atoms with Crippen LogP contribution in [-0.2, 0) is 0 Å². The lowest BCUT2D eigenvalue weighted by molar-refractivity contribution is 0.231. The number of nitrogens with one attached hydrogen (secondary N) is 1. The van der Waals surface area contributed by atoms with Crippen LogP contribution in [0.4, 0.5) is 10.5 Å². The number of hydrogen-bond acceptors (Lipinski definition) is 2. The van der Waals surface area contributed by atoms with Gasteiger partial charge in [0.15, 0.2) is 0 Å². The molecule has 4 nitrogen and oxygen atoms in total. The maximum absolute atomic E-state index is 11.5. The lowest BCUT2D eigenvalue weighted by Crippen LogP contribution is -2.27. The van der Waals surface area contributed by atoms with Gasteiger partial charge in [-0.3, -0.25) is 4.98 Å². The third kappa shape index (κ3) is 1.95. The van der Waals surface area contributed by atoms with Crippen LogP contribution in [0, 0.1) is 0 Å². The number of amides is 2. The van der Waals surface area contributed by atoms with Crippen LogP contribution in [0.3, 0.4) is 0 Å². The van der Waals surface area contributed by atoms with E-state index in [9.17, 15) is 4.79 Å². The normalized spacial score (nSPS) is 10.1. The van der Waals surface area contributed by atoms with Gasteiger partial charge in [-0.25, -0.2) is 4.79 Å². The van der Waals surface area contributed by atoms with Gasteiger partial charge in [0.05, 0.1) is 11.2 Å². The Morgan fingerprint density at radius 2 is 2.00 bits per heavy atom. The number of carbonyl (C=O) groups is 1. The van der Waals surface area contributed by atoms with E-state index in [1.807, 2.05) is 30.3 Å². The minimum Gasteiger partial charge on any atom is -0.331 e. The van der Waals surface area contributed by atoms with Crippen molar-refractivity contribution in [1.82, 2.24) is 9.88 Å². The smallest absolute Gasteiger partial charge is 0.321 e. The van der Waals surface area contributed by atoms with E-state index < -0.39 is 0 Å². The molecule has 2 aromatic rings. The second-order valence-electron chi connectivity index (χ2n) is 3.71. The summed E-state index contributed by atoms with van der Waals surface area (Å²) in [6.07, 6.45) is 1.72. The summed E-state index contributed by atoms with van der Waals surface area (Å²) in [6.45, 7) is 0. The van der Waals surface area contributed by atoms with E-state index in [4.69, 9.17) is 0 Å². The largest absolute Gasteiger partial charge is 0.331 e. The molecule has 1 N–H and O–H groups in total. The number of anilines is 1. The Labute approximate surface area is 93.9 Å². The van der Waals surface area contributed by atoms with Gasteiger partial charge in [0.25, 0.3) is 0 Å². The van der Waals surface area contributed by atoms with Crippen molar-refractivity contribution >= 4 is 22.6 Å². The number of pyridine rings is 1. The first-order valence-corrected chi connectivity index (χ1v) is 5.00. The molecule has 0 saturated heterocycles. The third-order valence-corrected chi connectivity index (χ3v) is 2.28. The summed E-state index contributed by atoms with van der Waals surface area (Å²) < 4.78 is 0. The van der Waals surface area contributed by atoms with Crippen molar-refractivity contribution < 1.29 is 4.79 Å². The molecule has 0 bridgehead atoms. The highest BCUT2D eigenvalue weighted by Gasteiger charge is 2.07. The fraction of sp³-hybridized carbons (Fsp3) is 0.167. The van der Waals surface area contributed by atoms with E-state index in [1.54, 1.807) is 20.3 Å². The highest BCUT2D eigenvalue weighted by molar-refractivity contribution is 5.99. The zero-order valence-corrected chi connectivity index (χ0v) is 9.27. The lowest BCUT2D eigenvalue weighted by Gasteiger charge is -2.12. The van der Waals surface area contributed by atoms with Crippen LogP contribution in [0.5, 0.6) is 0 Å². The van der Waals surface area contributed by atoms with Crippen molar-refractivity contribution in [3.8, 4) is 0 Å². The first-order chi connectivity index (χ1) is 7.68. The van der Waals surface area contributed by atoms with E-state index >= 15 is 0 Å². The van der Waals surface area contributed by atoms with Gasteiger partial charge in [-0.1, -0.05) is 18.2 Å². The Kier molecular flexibility index (Phi) is 2.72.